The standard InChI is InChI=1S/C16H14O.2C11H10O.C2H6.Na/c1-12-9-14-10-15(7-8-16(12)14)17-11-13-5-3-2-4-6-13;2*1-8-2-3-10-7-11(12)5-4-9(10)6-8;1-2;/h2-10H,11H2,1H3;2*2-7,12H,1H3;1-2H3;/q;;;;+1/p-1. The molecule has 4 heteroatoms. The third-order valence-electron chi connectivity index (χ3n) is 7.01. The van der Waals surface area contributed by atoms with E-state index in [9.17, 15) is 10.2 Å². The van der Waals surface area contributed by atoms with Gasteiger partial charge in [-0.3, -0.25) is 0 Å². The Hall–Kier alpha value is -4.02. The van der Waals surface area contributed by atoms with Crippen LogP contribution in [0.2, 0.25) is 0 Å². The topological polar surface area (TPSA) is 52.5 Å². The number of hydrogen-bond acceptors (Lipinski definition) is 3. The molecule has 7 rings (SSSR count). The Labute approximate surface area is 283 Å². The average molecular weight is 591 g/mol. The van der Waals surface area contributed by atoms with Gasteiger partial charge in [-0.1, -0.05) is 128 Å². The molecule has 1 N–H and O–H groups in total. The van der Waals surface area contributed by atoms with Crippen LogP contribution in [0.4, 0.5) is 0 Å². The summed E-state index contributed by atoms with van der Waals surface area (Å²) < 4.78 is 5.77. The number of aryl methyl sites for hydroxylation is 2. The first-order valence-electron chi connectivity index (χ1n) is 14.7. The molecule has 0 bridgehead atoms. The van der Waals surface area contributed by atoms with Crippen molar-refractivity contribution >= 4 is 33.2 Å². The maximum Gasteiger partial charge on any atom is 1.00 e. The van der Waals surface area contributed by atoms with Gasteiger partial charge in [-0.15, -0.1) is 5.75 Å². The Morgan fingerprint density at radius 1 is 0.614 bits per heavy atom. The molecule has 0 saturated carbocycles. The van der Waals surface area contributed by atoms with Crippen molar-refractivity contribution in [2.45, 2.75) is 41.2 Å². The first-order valence-corrected chi connectivity index (χ1v) is 14.7. The normalized spacial score (nSPS) is 10.6. The van der Waals surface area contributed by atoms with Crippen molar-refractivity contribution in [3.05, 3.63) is 148 Å². The zero-order chi connectivity index (χ0) is 30.8. The van der Waals surface area contributed by atoms with Crippen molar-refractivity contribution in [1.29, 1.82) is 0 Å². The van der Waals surface area contributed by atoms with Gasteiger partial charge in [0.05, 0.1) is 0 Å². The molecule has 3 nitrogen and oxygen atoms in total. The van der Waals surface area contributed by atoms with E-state index in [1.165, 1.54) is 38.1 Å². The minimum absolute atomic E-state index is 0. The fourth-order valence-corrected chi connectivity index (χ4v) is 4.78. The Morgan fingerprint density at radius 3 is 1.80 bits per heavy atom. The van der Waals surface area contributed by atoms with Gasteiger partial charge in [0.1, 0.15) is 18.1 Å². The Morgan fingerprint density at radius 2 is 1.18 bits per heavy atom. The number of benzene rings is 6. The van der Waals surface area contributed by atoms with Gasteiger partial charge in [0.2, 0.25) is 0 Å². The Bertz CT molecular complexity index is 1780. The van der Waals surface area contributed by atoms with Crippen molar-refractivity contribution in [3.63, 3.8) is 0 Å². The number of aromatic hydroxyl groups is 1. The molecule has 1 aliphatic rings. The van der Waals surface area contributed by atoms with Crippen LogP contribution in [-0.4, -0.2) is 5.11 Å². The van der Waals surface area contributed by atoms with E-state index >= 15 is 0 Å². The predicted molar refractivity (Wildman–Crippen MR) is 180 cm³/mol. The summed E-state index contributed by atoms with van der Waals surface area (Å²) in [5, 5.41) is 27.2. The van der Waals surface area contributed by atoms with Gasteiger partial charge in [-0.05, 0) is 88.2 Å². The molecule has 44 heavy (non-hydrogen) atoms. The van der Waals surface area contributed by atoms with Gasteiger partial charge >= 0.3 is 29.6 Å². The molecule has 0 aliphatic heterocycles. The van der Waals surface area contributed by atoms with Crippen molar-refractivity contribution in [2.24, 2.45) is 0 Å². The molecular weight excluding hydrogens is 551 g/mol. The minimum atomic E-state index is 0. The number of rotatable bonds is 3. The summed E-state index contributed by atoms with van der Waals surface area (Å²) in [4.78, 5) is 0. The van der Waals surface area contributed by atoms with Gasteiger partial charge in [0, 0.05) is 0 Å². The number of phenols is 1. The zero-order valence-corrected chi connectivity index (χ0v) is 28.6. The number of ether oxygens (including phenoxy) is 1. The van der Waals surface area contributed by atoms with Crippen LogP contribution >= 0.6 is 0 Å². The fourth-order valence-electron chi connectivity index (χ4n) is 4.78. The van der Waals surface area contributed by atoms with Gasteiger partial charge in [0.25, 0.3) is 0 Å². The third-order valence-corrected chi connectivity index (χ3v) is 7.01. The summed E-state index contributed by atoms with van der Waals surface area (Å²) in [6, 6.07) is 39.3. The fraction of sp³-hybridized carbons (Fsp3) is 0.150. The van der Waals surface area contributed by atoms with E-state index in [1.807, 2.05) is 81.4 Å². The summed E-state index contributed by atoms with van der Waals surface area (Å²) in [5.74, 6) is 1.34. The van der Waals surface area contributed by atoms with Crippen molar-refractivity contribution in [1.82, 2.24) is 0 Å². The predicted octanol–water partition coefficient (Wildman–Crippen LogP) is 5.34. The summed E-state index contributed by atoms with van der Waals surface area (Å²) in [5.41, 5.74) is 5.02. The third kappa shape index (κ3) is 9.49. The molecule has 6 aromatic carbocycles. The van der Waals surface area contributed by atoms with Crippen LogP contribution in [0.15, 0.2) is 121 Å². The second-order valence-corrected chi connectivity index (χ2v) is 10.4. The van der Waals surface area contributed by atoms with E-state index in [4.69, 9.17) is 4.74 Å². The van der Waals surface area contributed by atoms with E-state index in [-0.39, 0.29) is 35.3 Å². The van der Waals surface area contributed by atoms with Gasteiger partial charge in [-0.25, -0.2) is 0 Å². The number of fused-ring (bicyclic) bond motifs is 3. The van der Waals surface area contributed by atoms with E-state index < -0.39 is 0 Å². The summed E-state index contributed by atoms with van der Waals surface area (Å²) in [6.07, 6.45) is 2.19. The van der Waals surface area contributed by atoms with Crippen molar-refractivity contribution in [2.75, 3.05) is 0 Å². The minimum Gasteiger partial charge on any atom is -0.872 e. The SMILES string of the molecule is CC.CC1=c2ccc(OCc3ccccc3)cc2=C1.Cc1ccc2cc(O)ccc2c1.Cc1ccc2cc([O-])ccc2c1.[Na+]. The molecule has 0 unspecified atom stereocenters. The average Bonchev–Trinajstić information content (AvgIpc) is 3.02. The first kappa shape index (κ1) is 34.5. The number of hydrogen-bond donors (Lipinski definition) is 1. The van der Waals surface area contributed by atoms with Gasteiger partial charge in [-0.2, -0.15) is 0 Å². The molecule has 0 heterocycles. The van der Waals surface area contributed by atoms with Gasteiger partial charge in [0.15, 0.2) is 0 Å². The maximum absolute atomic E-state index is 11.0. The van der Waals surface area contributed by atoms with Crippen LogP contribution in [0.25, 0.3) is 33.2 Å². The van der Waals surface area contributed by atoms with Crippen molar-refractivity contribution < 1.29 is 44.5 Å². The largest absolute Gasteiger partial charge is 1.00 e. The second-order valence-electron chi connectivity index (χ2n) is 10.4. The van der Waals surface area contributed by atoms with Crippen LogP contribution in [-0.2, 0) is 6.61 Å². The monoisotopic (exact) mass is 590 g/mol. The summed E-state index contributed by atoms with van der Waals surface area (Å²) in [7, 11) is 0. The molecule has 0 saturated heterocycles. The van der Waals surface area contributed by atoms with Crippen LogP contribution in [0.5, 0.6) is 17.2 Å². The zero-order valence-electron chi connectivity index (χ0n) is 26.6. The maximum atomic E-state index is 11.0. The molecule has 6 aromatic rings. The van der Waals surface area contributed by atoms with Crippen LogP contribution < -0.4 is 49.8 Å². The first-order chi connectivity index (χ1) is 20.8. The molecule has 218 valence electrons. The van der Waals surface area contributed by atoms with Crippen molar-refractivity contribution in [3.8, 4) is 17.2 Å². The second kappa shape index (κ2) is 16.7. The molecule has 0 spiro atoms. The van der Waals surface area contributed by atoms with E-state index in [2.05, 4.69) is 56.3 Å². The van der Waals surface area contributed by atoms with E-state index in [1.54, 1.807) is 24.3 Å². The molecule has 0 fully saturated rings. The smallest absolute Gasteiger partial charge is 0.872 e. The Kier molecular flexibility index (Phi) is 13.1. The van der Waals surface area contributed by atoms with Gasteiger partial charge < -0.3 is 14.9 Å². The Balaban J connectivity index is 0.000000177. The van der Waals surface area contributed by atoms with E-state index in [0.717, 1.165) is 21.9 Å². The quantitative estimate of drug-likeness (QED) is 0.284. The summed E-state index contributed by atoms with van der Waals surface area (Å²) >= 11 is 0. The molecule has 1 aliphatic carbocycles. The molecule has 0 amide bonds. The molecular formula is C40H39NaO3. The molecule has 0 radical (unpaired) electrons. The molecule has 0 atom stereocenters. The van der Waals surface area contributed by atoms with Crippen LogP contribution in [0, 0.1) is 13.8 Å². The van der Waals surface area contributed by atoms with Crippen LogP contribution in [0.1, 0.15) is 37.5 Å². The summed E-state index contributed by atoms with van der Waals surface area (Å²) in [6.45, 7) is 10.9. The van der Waals surface area contributed by atoms with E-state index in [0.29, 0.717) is 12.4 Å². The molecule has 0 aromatic heterocycles. The number of phenolic OH excluding ortho intramolecular Hbond substituents is 1. The van der Waals surface area contributed by atoms with Crippen LogP contribution in [0.3, 0.4) is 0 Å².